The molecule has 1 N–H and O–H groups in total. The Morgan fingerprint density at radius 1 is 1.18 bits per heavy atom. The second-order valence-corrected chi connectivity index (χ2v) is 7.91. The Morgan fingerprint density at radius 3 is 2.82 bits per heavy atom. The number of rotatable bonds is 12. The van der Waals surface area contributed by atoms with Crippen LogP contribution < -0.4 is 19.5 Å². The molecule has 0 bridgehead atoms. The van der Waals surface area contributed by atoms with E-state index in [1.807, 2.05) is 53.2 Å². The monoisotopic (exact) mass is 450 g/mol. The predicted molar refractivity (Wildman–Crippen MR) is 125 cm³/mol. The second kappa shape index (κ2) is 11.4. The van der Waals surface area contributed by atoms with Crippen molar-refractivity contribution in [1.82, 2.24) is 19.8 Å². The van der Waals surface area contributed by atoms with Gasteiger partial charge in [0.05, 0.1) is 12.9 Å². The number of fused-ring (bicyclic) bond motifs is 1. The highest BCUT2D eigenvalue weighted by Gasteiger charge is 2.16. The summed E-state index contributed by atoms with van der Waals surface area (Å²) in [4.78, 5) is 18.6. The maximum Gasteiger partial charge on any atom is 0.234 e. The molecule has 0 aliphatic carbocycles. The van der Waals surface area contributed by atoms with Crippen molar-refractivity contribution in [3.8, 4) is 22.9 Å². The Morgan fingerprint density at radius 2 is 2.03 bits per heavy atom. The summed E-state index contributed by atoms with van der Waals surface area (Å²) >= 11 is 0. The highest BCUT2D eigenvalue weighted by Crippen LogP contribution is 2.32. The van der Waals surface area contributed by atoms with E-state index in [0.29, 0.717) is 32.8 Å². The molecule has 8 nitrogen and oxygen atoms in total. The van der Waals surface area contributed by atoms with Gasteiger partial charge >= 0.3 is 0 Å². The van der Waals surface area contributed by atoms with E-state index < -0.39 is 0 Å². The smallest absolute Gasteiger partial charge is 0.234 e. The summed E-state index contributed by atoms with van der Waals surface area (Å²) in [5.41, 5.74) is 2.08. The van der Waals surface area contributed by atoms with Gasteiger partial charge in [-0.1, -0.05) is 19.4 Å². The number of imidazole rings is 1. The van der Waals surface area contributed by atoms with Gasteiger partial charge in [0, 0.05) is 37.7 Å². The zero-order valence-corrected chi connectivity index (χ0v) is 18.9. The number of hydrogen-bond donors (Lipinski definition) is 1. The Labute approximate surface area is 194 Å². The van der Waals surface area contributed by atoms with Crippen molar-refractivity contribution in [2.45, 2.75) is 26.3 Å². The van der Waals surface area contributed by atoms with Crippen LogP contribution in [0, 0.1) is 0 Å². The molecule has 3 aromatic rings. The first-order valence-electron chi connectivity index (χ1n) is 11.3. The molecule has 0 unspecified atom stereocenters. The first-order chi connectivity index (χ1) is 16.2. The van der Waals surface area contributed by atoms with Crippen molar-refractivity contribution < 1.29 is 19.0 Å². The van der Waals surface area contributed by atoms with Crippen molar-refractivity contribution in [1.29, 1.82) is 0 Å². The lowest BCUT2D eigenvalue weighted by Gasteiger charge is -2.22. The summed E-state index contributed by atoms with van der Waals surface area (Å²) in [6.45, 7) is 5.05. The number of carbonyl (C=O) groups is 1. The molecule has 0 fully saturated rings. The van der Waals surface area contributed by atoms with Crippen LogP contribution >= 0.6 is 0 Å². The summed E-state index contributed by atoms with van der Waals surface area (Å²) < 4.78 is 18.8. The minimum atomic E-state index is 0.0221. The number of nitrogens with zero attached hydrogens (tertiary/aromatic N) is 3. The highest BCUT2D eigenvalue weighted by molar-refractivity contribution is 5.78. The molecule has 2 aromatic carbocycles. The van der Waals surface area contributed by atoms with Gasteiger partial charge in [0.25, 0.3) is 0 Å². The molecule has 174 valence electrons. The summed E-state index contributed by atoms with van der Waals surface area (Å²) in [6.07, 6.45) is 7.43. The van der Waals surface area contributed by atoms with E-state index in [-0.39, 0.29) is 12.7 Å². The van der Waals surface area contributed by atoms with Gasteiger partial charge in [-0.25, -0.2) is 4.98 Å². The molecule has 2 heterocycles. The fraction of sp³-hybridized carbons (Fsp3) is 0.360. The fourth-order valence-electron chi connectivity index (χ4n) is 3.59. The average Bonchev–Trinajstić information content (AvgIpc) is 3.52. The quantitative estimate of drug-likeness (QED) is 0.426. The largest absolute Gasteiger partial charge is 0.492 e. The second-order valence-electron chi connectivity index (χ2n) is 7.91. The molecule has 0 spiro atoms. The van der Waals surface area contributed by atoms with Crippen LogP contribution in [0.3, 0.4) is 0 Å². The van der Waals surface area contributed by atoms with E-state index in [2.05, 4.69) is 22.1 Å². The summed E-state index contributed by atoms with van der Waals surface area (Å²) in [6, 6.07) is 13.7. The van der Waals surface area contributed by atoms with Crippen LogP contribution in [0.15, 0.2) is 61.2 Å². The maximum atomic E-state index is 12.4. The van der Waals surface area contributed by atoms with Gasteiger partial charge in [-0.05, 0) is 48.4 Å². The van der Waals surface area contributed by atoms with E-state index in [9.17, 15) is 4.79 Å². The molecule has 0 radical (unpaired) electrons. The lowest BCUT2D eigenvalue weighted by molar-refractivity contribution is -0.122. The fourth-order valence-corrected chi connectivity index (χ4v) is 3.59. The van der Waals surface area contributed by atoms with E-state index in [0.717, 1.165) is 41.3 Å². The molecule has 8 heteroatoms. The molecule has 0 atom stereocenters. The maximum absolute atomic E-state index is 12.4. The van der Waals surface area contributed by atoms with E-state index in [1.165, 1.54) is 0 Å². The summed E-state index contributed by atoms with van der Waals surface area (Å²) in [5.74, 6) is 2.31. The molecule has 1 aliphatic rings. The Kier molecular flexibility index (Phi) is 7.81. The highest BCUT2D eigenvalue weighted by atomic mass is 16.7. The van der Waals surface area contributed by atoms with Crippen molar-refractivity contribution in [2.75, 3.05) is 33.0 Å². The molecule has 33 heavy (non-hydrogen) atoms. The van der Waals surface area contributed by atoms with Crippen LogP contribution in [0.1, 0.15) is 25.3 Å². The van der Waals surface area contributed by atoms with Gasteiger partial charge in [0.2, 0.25) is 12.7 Å². The summed E-state index contributed by atoms with van der Waals surface area (Å²) in [7, 11) is 0. The van der Waals surface area contributed by atoms with Crippen LogP contribution in [0.4, 0.5) is 0 Å². The SMILES string of the molecule is CCCCNC(=O)CN(CCOc1ccc(-n2ccnc2)cc1)Cc1ccc2c(c1)OCO2. The van der Waals surface area contributed by atoms with Gasteiger partial charge in [0.1, 0.15) is 12.4 Å². The van der Waals surface area contributed by atoms with Crippen LogP contribution in [-0.2, 0) is 11.3 Å². The third-order valence-electron chi connectivity index (χ3n) is 5.38. The predicted octanol–water partition coefficient (Wildman–Crippen LogP) is 3.40. The Hall–Kier alpha value is -3.52. The molecule has 1 aliphatic heterocycles. The third kappa shape index (κ3) is 6.49. The van der Waals surface area contributed by atoms with Crippen molar-refractivity contribution in [3.63, 3.8) is 0 Å². The first kappa shape index (κ1) is 22.7. The van der Waals surface area contributed by atoms with Crippen molar-refractivity contribution >= 4 is 5.91 Å². The number of benzene rings is 2. The van der Waals surface area contributed by atoms with E-state index in [4.69, 9.17) is 14.2 Å². The number of nitrogens with one attached hydrogen (secondary N) is 1. The lowest BCUT2D eigenvalue weighted by atomic mass is 10.2. The molecule has 0 saturated carbocycles. The normalized spacial score (nSPS) is 12.2. The van der Waals surface area contributed by atoms with E-state index in [1.54, 1.807) is 12.5 Å². The zero-order chi connectivity index (χ0) is 22.9. The minimum absolute atomic E-state index is 0.0221. The number of aromatic nitrogens is 2. The number of unbranched alkanes of at least 4 members (excludes halogenated alkanes) is 1. The zero-order valence-electron chi connectivity index (χ0n) is 18.9. The van der Waals surface area contributed by atoms with Gasteiger partial charge in [-0.3, -0.25) is 9.69 Å². The van der Waals surface area contributed by atoms with Gasteiger partial charge in [-0.15, -0.1) is 0 Å². The first-order valence-corrected chi connectivity index (χ1v) is 11.3. The van der Waals surface area contributed by atoms with Gasteiger partial charge in [0.15, 0.2) is 11.5 Å². The van der Waals surface area contributed by atoms with Crippen molar-refractivity contribution in [3.05, 3.63) is 66.7 Å². The molecular formula is C25H30N4O4. The Bertz CT molecular complexity index is 1020. The number of carbonyl (C=O) groups excluding carboxylic acids is 1. The topological polar surface area (TPSA) is 77.9 Å². The average molecular weight is 451 g/mol. The summed E-state index contributed by atoms with van der Waals surface area (Å²) in [5, 5.41) is 3.00. The van der Waals surface area contributed by atoms with Crippen LogP contribution in [0.25, 0.3) is 5.69 Å². The molecule has 1 amide bonds. The van der Waals surface area contributed by atoms with Crippen molar-refractivity contribution in [2.24, 2.45) is 0 Å². The number of amides is 1. The molecule has 0 saturated heterocycles. The van der Waals surface area contributed by atoms with Gasteiger partial charge < -0.3 is 24.1 Å². The Balaban J connectivity index is 1.33. The molecule has 4 rings (SSSR count). The number of hydrogen-bond acceptors (Lipinski definition) is 6. The standard InChI is InChI=1S/C25H30N4O4/c1-2-3-10-27-25(30)17-28(16-20-4-9-23-24(15-20)33-19-32-23)13-14-31-22-7-5-21(6-8-22)29-12-11-26-18-29/h4-9,11-12,15,18H,2-3,10,13-14,16-17,19H2,1H3,(H,27,30). The van der Waals surface area contributed by atoms with Crippen LogP contribution in [0.5, 0.6) is 17.2 Å². The minimum Gasteiger partial charge on any atom is -0.492 e. The van der Waals surface area contributed by atoms with Crippen LogP contribution in [-0.4, -0.2) is 53.4 Å². The third-order valence-corrected chi connectivity index (χ3v) is 5.38. The van der Waals surface area contributed by atoms with Gasteiger partial charge in [-0.2, -0.15) is 0 Å². The van der Waals surface area contributed by atoms with E-state index >= 15 is 0 Å². The number of ether oxygens (including phenoxy) is 3. The molecule has 1 aromatic heterocycles. The lowest BCUT2D eigenvalue weighted by Crippen LogP contribution is -2.39. The molecular weight excluding hydrogens is 420 g/mol. The van der Waals surface area contributed by atoms with Crippen LogP contribution in [0.2, 0.25) is 0 Å².